The molecule has 3 amide bonds. The molecule has 0 spiro atoms. The van der Waals surface area contributed by atoms with Crippen LogP contribution in [0.3, 0.4) is 0 Å². The third-order valence-corrected chi connectivity index (χ3v) is 8.78. The molecule has 12 nitrogen and oxygen atoms in total. The average Bonchev–Trinajstić information content (AvgIpc) is 3.65. The molecule has 1 heterocycles. The number of rotatable bonds is 11. The van der Waals surface area contributed by atoms with E-state index in [-0.39, 0.29) is 35.5 Å². The van der Waals surface area contributed by atoms with Crippen LogP contribution in [0.5, 0.6) is 5.75 Å². The van der Waals surface area contributed by atoms with Crippen molar-refractivity contribution >= 4 is 23.6 Å². The van der Waals surface area contributed by atoms with Gasteiger partial charge in [-0.1, -0.05) is 30.3 Å². The first-order chi connectivity index (χ1) is 24.7. The van der Waals surface area contributed by atoms with Gasteiger partial charge in [-0.15, -0.1) is 10.2 Å². The van der Waals surface area contributed by atoms with Gasteiger partial charge in [-0.25, -0.2) is 4.79 Å². The van der Waals surface area contributed by atoms with E-state index in [2.05, 4.69) is 36.6 Å². The molecule has 1 atom stereocenters. The Hall–Kier alpha value is -5.47. The maximum atomic E-state index is 13.9. The third kappa shape index (κ3) is 10.3. The van der Waals surface area contributed by atoms with Crippen LogP contribution in [0.2, 0.25) is 0 Å². The molecule has 1 aliphatic rings. The zero-order valence-corrected chi connectivity index (χ0v) is 29.3. The van der Waals surface area contributed by atoms with Crippen LogP contribution in [-0.4, -0.2) is 63.8 Å². The summed E-state index contributed by atoms with van der Waals surface area (Å²) in [5.41, 5.74) is 0.687. The van der Waals surface area contributed by atoms with Crippen molar-refractivity contribution < 1.29 is 37.0 Å². The molecule has 1 fully saturated rings. The molecular formula is C37H42F3N7O5. The van der Waals surface area contributed by atoms with Gasteiger partial charge in [0, 0.05) is 30.1 Å². The number of alkyl carbamates (subject to hydrolysis) is 1. The summed E-state index contributed by atoms with van der Waals surface area (Å²) in [4.78, 5) is 39.3. The van der Waals surface area contributed by atoms with E-state index >= 15 is 0 Å². The number of benzene rings is 3. The van der Waals surface area contributed by atoms with Crippen molar-refractivity contribution in [3.8, 4) is 28.3 Å². The van der Waals surface area contributed by atoms with Crippen LogP contribution in [0, 0.1) is 11.8 Å². The number of carbonyl (C=O) groups is 3. The van der Waals surface area contributed by atoms with E-state index in [0.717, 1.165) is 6.07 Å². The van der Waals surface area contributed by atoms with Crippen molar-refractivity contribution in [1.82, 2.24) is 31.3 Å². The van der Waals surface area contributed by atoms with Gasteiger partial charge in [-0.05, 0) is 111 Å². The Morgan fingerprint density at radius 2 is 1.60 bits per heavy atom. The molecule has 0 bridgehead atoms. The minimum atomic E-state index is -4.60. The smallest absolute Gasteiger partial charge is 0.417 e. The molecule has 4 N–H and O–H groups in total. The maximum Gasteiger partial charge on any atom is 0.417 e. The number of methoxy groups -OCH3 is 1. The van der Waals surface area contributed by atoms with Gasteiger partial charge in [0.05, 0.1) is 12.7 Å². The van der Waals surface area contributed by atoms with Gasteiger partial charge in [-0.3, -0.25) is 9.59 Å². The second-order valence-electron chi connectivity index (χ2n) is 13.8. The highest BCUT2D eigenvalue weighted by atomic mass is 19.4. The van der Waals surface area contributed by atoms with Crippen LogP contribution >= 0.6 is 0 Å². The monoisotopic (exact) mass is 721 g/mol. The van der Waals surface area contributed by atoms with Crippen molar-refractivity contribution in [3.05, 3.63) is 77.9 Å². The molecule has 0 unspecified atom stereocenters. The number of nitrogens with one attached hydrogen (secondary N) is 4. The zero-order valence-electron chi connectivity index (χ0n) is 29.3. The van der Waals surface area contributed by atoms with Crippen molar-refractivity contribution in [3.63, 3.8) is 0 Å². The number of amides is 3. The lowest BCUT2D eigenvalue weighted by molar-refractivity contribution is -0.137. The van der Waals surface area contributed by atoms with E-state index in [9.17, 15) is 27.6 Å². The number of aromatic nitrogens is 4. The average molecular weight is 722 g/mol. The fraction of sp³-hybridized carbons (Fsp3) is 0.405. The van der Waals surface area contributed by atoms with Crippen molar-refractivity contribution in [2.45, 2.75) is 70.7 Å². The van der Waals surface area contributed by atoms with E-state index in [1.54, 1.807) is 69.3 Å². The summed E-state index contributed by atoms with van der Waals surface area (Å²) >= 11 is 0. The minimum Gasteiger partial charge on any atom is -0.497 e. The lowest BCUT2D eigenvalue weighted by Gasteiger charge is -2.29. The number of nitrogens with zero attached hydrogens (tertiary/aromatic N) is 3. The first-order valence-corrected chi connectivity index (χ1v) is 16.9. The van der Waals surface area contributed by atoms with Gasteiger partial charge in [0.25, 0.3) is 0 Å². The van der Waals surface area contributed by atoms with E-state index in [1.165, 1.54) is 19.2 Å². The number of carbonyl (C=O) groups excluding carboxylic acids is 3. The number of aromatic amines is 1. The van der Waals surface area contributed by atoms with Crippen molar-refractivity contribution in [2.75, 3.05) is 19.0 Å². The molecule has 52 heavy (non-hydrogen) atoms. The predicted molar refractivity (Wildman–Crippen MR) is 187 cm³/mol. The van der Waals surface area contributed by atoms with Crippen LogP contribution in [0.25, 0.3) is 22.5 Å². The largest absolute Gasteiger partial charge is 0.497 e. The van der Waals surface area contributed by atoms with Gasteiger partial charge in [0.15, 0.2) is 0 Å². The fourth-order valence-electron chi connectivity index (χ4n) is 6.08. The maximum absolute atomic E-state index is 13.9. The highest BCUT2D eigenvalue weighted by Crippen LogP contribution is 2.39. The molecule has 0 saturated heterocycles. The Kier molecular flexibility index (Phi) is 11.8. The standard InChI is InChI=1S/C37H42F3N7O5/c1-36(2,3)52-35(50)41-21-23-7-11-26(12-8-23)33(48)43-31(34(49)42-27-15-13-25(14-16-27)32-44-46-47-45-32)19-22-5-9-24(10-6-22)29-18-17-28(51-4)20-30(29)37(38,39)40/h5-6,9-10,13-18,20,23,26,31H,7-8,11-12,19,21H2,1-4H3,(H,41,50)(H,42,49)(H,43,48)(H,44,45,46,47)/t23?,26?,31-/m0/s1. The number of hydrogen-bond acceptors (Lipinski definition) is 8. The summed E-state index contributed by atoms with van der Waals surface area (Å²) in [5.74, 6) is -0.398. The first-order valence-electron chi connectivity index (χ1n) is 16.9. The predicted octanol–water partition coefficient (Wildman–Crippen LogP) is 6.56. The second kappa shape index (κ2) is 16.3. The molecule has 1 saturated carbocycles. The minimum absolute atomic E-state index is 0.0105. The Labute approximate surface area is 299 Å². The lowest BCUT2D eigenvalue weighted by Crippen LogP contribution is -2.48. The molecular weight excluding hydrogens is 679 g/mol. The fourth-order valence-corrected chi connectivity index (χ4v) is 6.08. The normalized spacial score (nSPS) is 16.8. The van der Waals surface area contributed by atoms with E-state index in [0.29, 0.717) is 60.4 Å². The summed E-state index contributed by atoms with van der Waals surface area (Å²) in [7, 11) is 1.30. The van der Waals surface area contributed by atoms with E-state index in [1.807, 2.05) is 0 Å². The number of alkyl halides is 3. The molecule has 1 aromatic heterocycles. The highest BCUT2D eigenvalue weighted by Gasteiger charge is 2.34. The number of hydrogen-bond donors (Lipinski definition) is 4. The molecule has 4 aromatic rings. The Balaban J connectivity index is 1.28. The molecule has 5 rings (SSSR count). The van der Waals surface area contributed by atoms with Crippen LogP contribution in [0.1, 0.15) is 57.6 Å². The molecule has 0 aliphatic heterocycles. The van der Waals surface area contributed by atoms with E-state index in [4.69, 9.17) is 9.47 Å². The zero-order chi connectivity index (χ0) is 37.5. The van der Waals surface area contributed by atoms with Crippen molar-refractivity contribution in [1.29, 1.82) is 0 Å². The van der Waals surface area contributed by atoms with Gasteiger partial charge >= 0.3 is 12.3 Å². The topological polar surface area (TPSA) is 160 Å². The Morgan fingerprint density at radius 3 is 2.19 bits per heavy atom. The number of anilines is 1. The first kappa shape index (κ1) is 37.8. The third-order valence-electron chi connectivity index (χ3n) is 8.78. The summed E-state index contributed by atoms with van der Waals surface area (Å²) < 4.78 is 52.1. The van der Waals surface area contributed by atoms with Gasteiger partial charge in [0.1, 0.15) is 17.4 Å². The second-order valence-corrected chi connectivity index (χ2v) is 13.8. The van der Waals surface area contributed by atoms with Crippen LogP contribution in [0.15, 0.2) is 66.7 Å². The SMILES string of the molecule is COc1ccc(-c2ccc(C[C@H](NC(=O)C3CCC(CNC(=O)OC(C)(C)C)CC3)C(=O)Nc3ccc(-c4nn[nH]n4)cc3)cc2)c(C(F)(F)F)c1. The Bertz CT molecular complexity index is 1820. The van der Waals surface area contributed by atoms with Gasteiger partial charge < -0.3 is 25.4 Å². The molecule has 276 valence electrons. The Morgan fingerprint density at radius 1 is 0.923 bits per heavy atom. The summed E-state index contributed by atoms with van der Waals surface area (Å²) in [6.45, 7) is 5.82. The van der Waals surface area contributed by atoms with Crippen LogP contribution in [-0.2, 0) is 26.9 Å². The van der Waals surface area contributed by atoms with Gasteiger partial charge in [0.2, 0.25) is 17.6 Å². The summed E-state index contributed by atoms with van der Waals surface area (Å²) in [6.07, 6.45) is -2.42. The number of halogens is 3. The molecule has 1 aliphatic carbocycles. The summed E-state index contributed by atoms with van der Waals surface area (Å²) in [6, 6.07) is 16.0. The molecule has 0 radical (unpaired) electrons. The van der Waals surface area contributed by atoms with Crippen LogP contribution < -0.4 is 20.7 Å². The number of H-pyrrole nitrogens is 1. The molecule has 3 aromatic carbocycles. The lowest BCUT2D eigenvalue weighted by atomic mass is 9.81. The van der Waals surface area contributed by atoms with Gasteiger partial charge in [-0.2, -0.15) is 18.4 Å². The number of tetrazole rings is 1. The summed E-state index contributed by atoms with van der Waals surface area (Å²) in [5, 5.41) is 22.4. The van der Waals surface area contributed by atoms with E-state index < -0.39 is 35.4 Å². The van der Waals surface area contributed by atoms with Crippen molar-refractivity contribution in [2.24, 2.45) is 11.8 Å². The quantitative estimate of drug-likeness (QED) is 0.136. The number of ether oxygens (including phenoxy) is 2. The highest BCUT2D eigenvalue weighted by molar-refractivity contribution is 5.97. The van der Waals surface area contributed by atoms with Crippen LogP contribution in [0.4, 0.5) is 23.7 Å². The molecule has 15 heteroatoms.